The van der Waals surface area contributed by atoms with Gasteiger partial charge in [-0.2, -0.15) is 0 Å². The van der Waals surface area contributed by atoms with E-state index in [-0.39, 0.29) is 5.91 Å². The molecule has 0 saturated heterocycles. The summed E-state index contributed by atoms with van der Waals surface area (Å²) in [5, 5.41) is 3.02. The number of hydrogen-bond donors (Lipinski definition) is 1. The molecule has 2 aromatic rings. The molecule has 0 radical (unpaired) electrons. The molecule has 0 aliphatic heterocycles. The summed E-state index contributed by atoms with van der Waals surface area (Å²) in [6, 6.07) is 8.06. The fraction of sp³-hybridized carbons (Fsp3) is 0.353. The van der Waals surface area contributed by atoms with Crippen LogP contribution in [0, 0.1) is 6.92 Å². The normalized spacial score (nSPS) is 14.4. The van der Waals surface area contributed by atoms with Gasteiger partial charge in [0.2, 0.25) is 0 Å². The van der Waals surface area contributed by atoms with Crippen LogP contribution in [0.2, 0.25) is 0 Å². The summed E-state index contributed by atoms with van der Waals surface area (Å²) in [6.45, 7) is 2.02. The molecule has 1 amide bonds. The molecule has 1 heterocycles. The van der Waals surface area contributed by atoms with Crippen LogP contribution in [0.5, 0.6) is 0 Å². The van der Waals surface area contributed by atoms with Crippen LogP contribution in [0.1, 0.15) is 44.9 Å². The number of hydrogen-bond acceptors (Lipinski definition) is 2. The number of carbonyl (C=O) groups excluding carboxylic acids is 1. The predicted molar refractivity (Wildman–Crippen MR) is 92.4 cm³/mol. The summed E-state index contributed by atoms with van der Waals surface area (Å²) in [5.74, 6) is -0.000580. The maximum Gasteiger partial charge on any atom is 0.265 e. The average Bonchev–Trinajstić information content (AvgIpc) is 2.74. The zero-order chi connectivity index (χ0) is 14.8. The summed E-state index contributed by atoms with van der Waals surface area (Å²) in [4.78, 5) is 14.7. The second-order valence-electron chi connectivity index (χ2n) is 5.56. The lowest BCUT2D eigenvalue weighted by Crippen LogP contribution is -2.10. The number of amides is 1. The molecule has 1 N–H and O–H groups in total. The highest BCUT2D eigenvalue weighted by Crippen LogP contribution is 2.30. The van der Waals surface area contributed by atoms with Gasteiger partial charge in [0.15, 0.2) is 0 Å². The van der Waals surface area contributed by atoms with Crippen LogP contribution >= 0.6 is 27.3 Å². The lowest BCUT2D eigenvalue weighted by atomic mass is 10.1. The van der Waals surface area contributed by atoms with E-state index in [0.717, 1.165) is 33.4 Å². The van der Waals surface area contributed by atoms with Crippen LogP contribution in [0.15, 0.2) is 28.7 Å². The number of nitrogens with one attached hydrogen (secondary N) is 1. The summed E-state index contributed by atoms with van der Waals surface area (Å²) >= 11 is 5.15. The largest absolute Gasteiger partial charge is 0.320 e. The van der Waals surface area contributed by atoms with E-state index in [0.29, 0.717) is 0 Å². The van der Waals surface area contributed by atoms with Crippen molar-refractivity contribution in [1.29, 1.82) is 0 Å². The Kier molecular flexibility index (Phi) is 4.45. The Morgan fingerprint density at radius 1 is 1.19 bits per heavy atom. The van der Waals surface area contributed by atoms with Gasteiger partial charge in [0.25, 0.3) is 5.91 Å². The third-order valence-corrected chi connectivity index (χ3v) is 5.77. The molecule has 2 nitrogen and oxygen atoms in total. The molecule has 0 unspecified atom stereocenters. The molecule has 0 spiro atoms. The molecular formula is C17H18BrNOS. The molecule has 1 aromatic heterocycles. The van der Waals surface area contributed by atoms with Gasteiger partial charge in [0.1, 0.15) is 0 Å². The van der Waals surface area contributed by atoms with Crippen LogP contribution in [0.3, 0.4) is 0 Å². The minimum atomic E-state index is -0.000580. The van der Waals surface area contributed by atoms with Gasteiger partial charge in [-0.1, -0.05) is 12.5 Å². The molecule has 0 saturated carbocycles. The Hall–Kier alpha value is -1.13. The first-order chi connectivity index (χ1) is 10.1. The van der Waals surface area contributed by atoms with Crippen LogP contribution in [0.25, 0.3) is 0 Å². The highest BCUT2D eigenvalue weighted by atomic mass is 79.9. The van der Waals surface area contributed by atoms with Crippen molar-refractivity contribution in [2.24, 2.45) is 0 Å². The van der Waals surface area contributed by atoms with E-state index in [2.05, 4.69) is 27.3 Å². The van der Waals surface area contributed by atoms with Crippen molar-refractivity contribution in [3.63, 3.8) is 0 Å². The Balaban J connectivity index is 1.81. The lowest BCUT2D eigenvalue weighted by molar-refractivity contribution is 0.103. The fourth-order valence-electron chi connectivity index (χ4n) is 2.70. The van der Waals surface area contributed by atoms with Crippen LogP contribution in [0.4, 0.5) is 5.69 Å². The van der Waals surface area contributed by atoms with Gasteiger partial charge in [0, 0.05) is 9.35 Å². The molecule has 21 heavy (non-hydrogen) atoms. The molecule has 1 aliphatic rings. The zero-order valence-electron chi connectivity index (χ0n) is 12.0. The first-order valence-electron chi connectivity index (χ1n) is 7.32. The third-order valence-electron chi connectivity index (χ3n) is 3.84. The number of anilines is 1. The average molecular weight is 364 g/mol. The van der Waals surface area contributed by atoms with Gasteiger partial charge in [-0.3, -0.25) is 4.79 Å². The first-order valence-corrected chi connectivity index (χ1v) is 8.93. The zero-order valence-corrected chi connectivity index (χ0v) is 14.4. The van der Waals surface area contributed by atoms with E-state index in [1.807, 2.05) is 25.1 Å². The quantitative estimate of drug-likeness (QED) is 0.716. The van der Waals surface area contributed by atoms with Crippen molar-refractivity contribution in [1.82, 2.24) is 0 Å². The van der Waals surface area contributed by atoms with Gasteiger partial charge < -0.3 is 5.32 Å². The molecule has 4 heteroatoms. The van der Waals surface area contributed by atoms with Crippen molar-refractivity contribution in [3.05, 3.63) is 49.6 Å². The van der Waals surface area contributed by atoms with Gasteiger partial charge in [0.05, 0.1) is 10.6 Å². The fourth-order valence-corrected chi connectivity index (χ4v) is 4.19. The summed E-state index contributed by atoms with van der Waals surface area (Å²) in [5.41, 5.74) is 3.35. The van der Waals surface area contributed by atoms with Gasteiger partial charge >= 0.3 is 0 Å². The summed E-state index contributed by atoms with van der Waals surface area (Å²) in [7, 11) is 0. The highest BCUT2D eigenvalue weighted by molar-refractivity contribution is 9.10. The number of fused-ring (bicyclic) bond motifs is 1. The maximum absolute atomic E-state index is 12.5. The van der Waals surface area contributed by atoms with E-state index in [9.17, 15) is 4.79 Å². The van der Waals surface area contributed by atoms with Crippen molar-refractivity contribution in [2.45, 2.75) is 39.0 Å². The Labute approximate surface area is 137 Å². The molecular weight excluding hydrogens is 346 g/mol. The predicted octanol–water partition coefficient (Wildman–Crippen LogP) is 5.34. The molecule has 1 aromatic carbocycles. The number of rotatable bonds is 2. The van der Waals surface area contributed by atoms with Gasteiger partial charge in [-0.15, -0.1) is 11.3 Å². The van der Waals surface area contributed by atoms with E-state index >= 15 is 0 Å². The summed E-state index contributed by atoms with van der Waals surface area (Å²) in [6.07, 6.45) is 6.04. The minimum Gasteiger partial charge on any atom is -0.320 e. The van der Waals surface area contributed by atoms with Crippen LogP contribution in [-0.2, 0) is 12.8 Å². The van der Waals surface area contributed by atoms with Crippen molar-refractivity contribution in [3.8, 4) is 0 Å². The summed E-state index contributed by atoms with van der Waals surface area (Å²) < 4.78 is 0.916. The number of halogens is 1. The lowest BCUT2D eigenvalue weighted by Gasteiger charge is -2.07. The van der Waals surface area contributed by atoms with Gasteiger partial charge in [-0.05, 0) is 77.9 Å². The van der Waals surface area contributed by atoms with Crippen LogP contribution in [-0.4, -0.2) is 5.91 Å². The number of benzene rings is 1. The van der Waals surface area contributed by atoms with Crippen molar-refractivity contribution in [2.75, 3.05) is 5.32 Å². The van der Waals surface area contributed by atoms with Crippen molar-refractivity contribution >= 4 is 38.9 Å². The smallest absolute Gasteiger partial charge is 0.265 e. The molecule has 0 bridgehead atoms. The highest BCUT2D eigenvalue weighted by Gasteiger charge is 2.17. The Morgan fingerprint density at radius 2 is 2.00 bits per heavy atom. The molecule has 0 fully saturated rings. The number of thiophene rings is 1. The second-order valence-corrected chi connectivity index (χ2v) is 7.55. The number of aryl methyl sites for hydroxylation is 3. The molecule has 0 atom stereocenters. The van der Waals surface area contributed by atoms with Crippen LogP contribution < -0.4 is 5.32 Å². The maximum atomic E-state index is 12.5. The van der Waals surface area contributed by atoms with Gasteiger partial charge in [-0.25, -0.2) is 0 Å². The second kappa shape index (κ2) is 6.32. The standard InChI is InChI=1S/C17H18BrNOS/c1-11-7-8-13(18)14(9-11)19-17(20)16-10-12-5-3-2-4-6-15(12)21-16/h7-10H,2-6H2,1H3,(H,19,20). The topological polar surface area (TPSA) is 29.1 Å². The number of carbonyl (C=O) groups is 1. The van der Waals surface area contributed by atoms with Crippen molar-refractivity contribution < 1.29 is 4.79 Å². The Morgan fingerprint density at radius 3 is 2.86 bits per heavy atom. The Bertz CT molecular complexity index is 654. The molecule has 3 rings (SSSR count). The van der Waals surface area contributed by atoms with E-state index in [4.69, 9.17) is 0 Å². The SMILES string of the molecule is Cc1ccc(Br)c(NC(=O)c2cc3c(s2)CCCCC3)c1. The third kappa shape index (κ3) is 3.38. The molecule has 1 aliphatic carbocycles. The van der Waals surface area contributed by atoms with E-state index in [1.54, 1.807) is 11.3 Å². The molecule has 110 valence electrons. The van der Waals surface area contributed by atoms with E-state index < -0.39 is 0 Å². The first kappa shape index (κ1) is 14.8. The minimum absolute atomic E-state index is 0.000580. The monoisotopic (exact) mass is 363 g/mol. The van der Waals surface area contributed by atoms with E-state index in [1.165, 1.54) is 29.7 Å².